The van der Waals surface area contributed by atoms with Crippen LogP contribution in [0, 0.1) is 10.7 Å². The highest BCUT2D eigenvalue weighted by molar-refractivity contribution is 8.04. The summed E-state index contributed by atoms with van der Waals surface area (Å²) < 4.78 is 208. The molecule has 2 heterocycles. The van der Waals surface area contributed by atoms with Gasteiger partial charge in [0, 0.05) is 138 Å². The number of nitrogens with two attached hydrogens (primary N) is 1. The molecule has 4 aromatic carbocycles. The molecule has 414 valence electrons. The third kappa shape index (κ3) is 18.7. The number of aromatic nitrogens is 2. The summed E-state index contributed by atoms with van der Waals surface area (Å²) in [7, 11) is -7.74. The number of nitrogens with zero attached hydrogens (tertiary/aromatic N) is 3. The van der Waals surface area contributed by atoms with E-state index in [4.69, 9.17) is 67.8 Å². The molecule has 0 aliphatic rings. The molecule has 2 aromatic heterocycles. The van der Waals surface area contributed by atoms with Gasteiger partial charge in [0.25, 0.3) is 0 Å². The topological polar surface area (TPSA) is 250 Å². The molecule has 0 spiro atoms. The van der Waals surface area contributed by atoms with Crippen LogP contribution in [-0.2, 0) is 29.6 Å². The van der Waals surface area contributed by atoms with Crippen LogP contribution in [0.2, 0.25) is 0 Å². The highest BCUT2D eigenvalue weighted by atomic mass is 32.2. The number of hydrogen-bond donors (Lipinski definition) is 7. The number of nitriles is 1. The van der Waals surface area contributed by atoms with E-state index < -0.39 is 31.1 Å². The van der Waals surface area contributed by atoms with E-state index in [1.165, 1.54) is 60.4 Å². The lowest BCUT2D eigenvalue weighted by molar-refractivity contribution is -0.115. The standard InChI is InChI=1S/C25H31N5O3S3.C21H24N4O3S2.C4H7NS.15H2/c1-15(2)27-24(34)29-18-9-7-17(8-10-18)23-26-14-21(35-23)20-12-11-19(28-16(3)31)13-22(20)36(32,33)30-25(4,5)6;1-13(26)24-16-9-10-17(19(11-16)30(27,28)25-21(2,3)4)18-12-23-20(29-18)14-5-7-15(22)8-6-14;1-4(2)6-3-5;;;;;;;;;;;;;;;/h7-15,30H,1-6H3,(H,28,31)(H2,27,29,34);5-12,25H,22H2,1-4H3,(H,24,26);4H,1-2H3;15*1H/i;;;15*1+1D. The van der Waals surface area contributed by atoms with Gasteiger partial charge in [-0.3, -0.25) is 9.59 Å². The van der Waals surface area contributed by atoms with E-state index in [-0.39, 0.29) is 27.6 Å². The molecular formula is C50H92N10O6S6. The van der Waals surface area contributed by atoms with Crippen LogP contribution in [0.15, 0.2) is 107 Å². The normalized spacial score (nSPS) is 13.3. The number of anilines is 4. The van der Waals surface area contributed by atoms with Gasteiger partial charge in [0.2, 0.25) is 31.9 Å². The number of thiocyanates is 1. The van der Waals surface area contributed by atoms with Gasteiger partial charge in [-0.15, -0.1) is 22.7 Å². The second-order valence-electron chi connectivity index (χ2n) is 18.8. The monoisotopic (exact) mass is 1150 g/mol. The van der Waals surface area contributed by atoms with E-state index >= 15 is 0 Å². The summed E-state index contributed by atoms with van der Waals surface area (Å²) in [6.07, 6.45) is 3.32. The number of carbonyl (C=O) groups excluding carboxylic acids is 2. The van der Waals surface area contributed by atoms with Crippen molar-refractivity contribution in [3.8, 4) is 47.4 Å². The Morgan fingerprint density at radius 3 is 1.40 bits per heavy atom. The number of sulfonamides is 2. The SMILES string of the molecule is CC(=O)Nc1ccc(-c2cnc(-c3ccc(N)cc3)s2)c(S(=O)(=O)NC(C)(C)C)c1.CC(=O)Nc1ccc(-c2cnc(-c3ccc(NC(=S)NC(C)C)cc3)s2)c(S(=O)(=O)NC(C)(C)C)c1.CC(C)SC#N.[2H][2H].[2H][2H].[2H][2H].[2H][2H].[2H][2H].[2H][2H].[2H][2H].[2H][2H].[2H][2H].[2H][2H].[2H][2H].[2H][2H].[2H][2H].[2H][2H].[2H][2H]. The zero-order valence-electron chi connectivity index (χ0n) is 72.2. The summed E-state index contributed by atoms with van der Waals surface area (Å²) in [5, 5.41) is 24.0. The van der Waals surface area contributed by atoms with Gasteiger partial charge in [-0.1, -0.05) is 26.0 Å². The molecule has 6 rings (SSSR count). The fourth-order valence-corrected chi connectivity index (χ4v) is 12.2. The van der Waals surface area contributed by atoms with Crippen molar-refractivity contribution in [2.75, 3.05) is 21.7 Å². The van der Waals surface area contributed by atoms with E-state index in [0.717, 1.165) is 26.8 Å². The van der Waals surface area contributed by atoms with Crippen LogP contribution < -0.4 is 36.4 Å². The van der Waals surface area contributed by atoms with Crippen LogP contribution in [0.4, 0.5) is 22.7 Å². The Morgan fingerprint density at radius 2 is 1.07 bits per heavy atom. The Balaban J connectivity index is -0.000000110. The molecule has 0 bridgehead atoms. The average molecular weight is 1150 g/mol. The van der Waals surface area contributed by atoms with E-state index in [1.807, 2.05) is 69.5 Å². The number of thiocarbonyl (C=S) groups is 1. The van der Waals surface area contributed by atoms with Gasteiger partial charge < -0.3 is 27.0 Å². The number of nitrogen functional groups attached to an aromatic ring is 1. The molecule has 0 unspecified atom stereocenters. The molecule has 0 saturated heterocycles. The van der Waals surface area contributed by atoms with Crippen LogP contribution in [0.3, 0.4) is 0 Å². The van der Waals surface area contributed by atoms with Crippen molar-refractivity contribution in [1.29, 1.82) is 5.26 Å². The van der Waals surface area contributed by atoms with Gasteiger partial charge in [0.05, 0.1) is 19.5 Å². The Kier molecular flexibility index (Phi) is 13.9. The van der Waals surface area contributed by atoms with Gasteiger partial charge in [-0.05, 0) is 152 Å². The maximum absolute atomic E-state index is 13.3. The molecule has 72 heavy (non-hydrogen) atoms. The van der Waals surface area contributed by atoms with Crippen LogP contribution >= 0.6 is 46.7 Å². The van der Waals surface area contributed by atoms with Crippen LogP contribution in [0.1, 0.15) is 128 Å². The van der Waals surface area contributed by atoms with Crippen molar-refractivity contribution >= 4 is 106 Å². The minimum absolute atomic E-state index is 0.0737. The van der Waals surface area contributed by atoms with E-state index in [1.54, 1.807) is 90.3 Å². The molecular weight excluding hydrogens is 1030 g/mol. The van der Waals surface area contributed by atoms with Gasteiger partial charge in [-0.2, -0.15) is 5.26 Å². The molecule has 16 nitrogen and oxygen atoms in total. The summed E-state index contributed by atoms with van der Waals surface area (Å²) in [5.74, 6) is -0.563. The van der Waals surface area contributed by atoms with Crippen LogP contribution in [-0.4, -0.2) is 66.1 Å². The maximum Gasteiger partial charge on any atom is 0.241 e. The Morgan fingerprint density at radius 1 is 0.681 bits per heavy atom. The summed E-state index contributed by atoms with van der Waals surface area (Å²) in [5.41, 5.74) is 9.53. The molecule has 0 atom stereocenters. The number of carbonyl (C=O) groups is 2. The molecule has 8 N–H and O–H groups in total. The Bertz CT molecular complexity index is 3200. The first-order valence-electron chi connectivity index (χ1n) is 37.4. The fourth-order valence-electron chi connectivity index (χ4n) is 6.30. The predicted molar refractivity (Wildman–Crippen MR) is 334 cm³/mol. The summed E-state index contributed by atoms with van der Waals surface area (Å²) in [4.78, 5) is 33.5. The molecule has 0 radical (unpaired) electrons. The zero-order chi connectivity index (χ0) is 83.8. The Hall–Kier alpha value is -5.77. The second-order valence-corrected chi connectivity index (χ2v) is 25.9. The minimum Gasteiger partial charge on any atom is -0.399 e. The van der Waals surface area contributed by atoms with Crippen LogP contribution in [0.25, 0.3) is 42.0 Å². The van der Waals surface area contributed by atoms with E-state index in [9.17, 15) is 26.4 Å². The van der Waals surface area contributed by atoms with Gasteiger partial charge in [-0.25, -0.2) is 36.2 Å². The lowest BCUT2D eigenvalue weighted by atomic mass is 10.1. The van der Waals surface area contributed by atoms with Crippen molar-refractivity contribution in [1.82, 2.24) is 24.7 Å². The highest BCUT2D eigenvalue weighted by Gasteiger charge is 2.28. The maximum atomic E-state index is 13.3. The van der Waals surface area contributed by atoms with Gasteiger partial charge in [0.15, 0.2) is 5.11 Å². The third-order valence-electron chi connectivity index (χ3n) is 8.86. The first-order chi connectivity index (χ1) is 48.4. The second kappa shape index (κ2) is 25.3. The lowest BCUT2D eigenvalue weighted by Crippen LogP contribution is -2.40. The molecule has 0 aliphatic carbocycles. The van der Waals surface area contributed by atoms with E-state index in [2.05, 4.69) is 40.7 Å². The summed E-state index contributed by atoms with van der Waals surface area (Å²) >= 11 is 9.35. The number of hydrogen-bond acceptors (Lipinski definition) is 14. The number of rotatable bonds is 13. The first kappa shape index (κ1) is 39.7. The average Bonchev–Trinajstić information content (AvgIpc) is 1.37. The van der Waals surface area contributed by atoms with Crippen molar-refractivity contribution in [3.63, 3.8) is 0 Å². The van der Waals surface area contributed by atoms with Gasteiger partial charge in [0.1, 0.15) is 15.4 Å². The predicted octanol–water partition coefficient (Wildman–Crippen LogP) is 14.6. The number of thiazole rings is 2. The number of thioether (sulfide) groups is 1. The summed E-state index contributed by atoms with van der Waals surface area (Å²) in [6, 6.07) is 24.9. The molecule has 0 fully saturated rings. The smallest absolute Gasteiger partial charge is 0.241 e. The van der Waals surface area contributed by atoms with Gasteiger partial charge >= 0.3 is 0 Å². The number of benzene rings is 4. The highest BCUT2D eigenvalue weighted by Crippen LogP contribution is 2.39. The third-order valence-corrected chi connectivity index (χ3v) is 15.4. The van der Waals surface area contributed by atoms with Crippen molar-refractivity contribution in [2.24, 2.45) is 0 Å². The van der Waals surface area contributed by atoms with Crippen LogP contribution in [0.5, 0.6) is 0 Å². The molecule has 0 aliphatic heterocycles. The minimum atomic E-state index is -3.89. The van der Waals surface area contributed by atoms with E-state index in [0.29, 0.717) is 48.3 Å². The lowest BCUT2D eigenvalue weighted by Gasteiger charge is -2.22. The summed E-state index contributed by atoms with van der Waals surface area (Å²) in [6.45, 7) is 21.4. The van der Waals surface area contributed by atoms with Crippen molar-refractivity contribution in [3.05, 3.63) is 97.3 Å². The molecule has 2 amide bonds. The molecule has 0 saturated carbocycles. The first-order valence-corrected chi connectivity index (χ1v) is 28.3. The molecule has 22 heteroatoms. The largest absolute Gasteiger partial charge is 0.399 e. The van der Waals surface area contributed by atoms with Crippen molar-refractivity contribution in [2.45, 2.75) is 115 Å². The zero-order valence-corrected chi connectivity index (χ0v) is 47.1. The fraction of sp³-hybridized carbons (Fsp3) is 0.320. The van der Waals surface area contributed by atoms with Crippen molar-refractivity contribution < 1.29 is 71.0 Å². The number of amides is 2. The Labute approximate surface area is 487 Å². The molecule has 6 aromatic rings. The quantitative estimate of drug-likeness (QED) is 0.0323. The number of nitrogens with one attached hydrogen (secondary N) is 6.